The molecule has 0 atom stereocenters. The smallest absolute Gasteiger partial charge is 0.00135 e. The lowest BCUT2D eigenvalue weighted by atomic mass is 9.96. The number of aryl methyl sites for hydroxylation is 1. The summed E-state index contributed by atoms with van der Waals surface area (Å²) in [6, 6.07) is 26.4. The first-order valence-electron chi connectivity index (χ1n) is 8.32. The van der Waals surface area contributed by atoms with Crippen LogP contribution >= 0.6 is 0 Å². The zero-order valence-electron chi connectivity index (χ0n) is 13.4. The van der Waals surface area contributed by atoms with E-state index in [2.05, 4.69) is 85.8 Å². The maximum Gasteiger partial charge on any atom is -0.00135 e. The molecule has 0 N–H and O–H groups in total. The van der Waals surface area contributed by atoms with E-state index < -0.39 is 0 Å². The van der Waals surface area contributed by atoms with Crippen LogP contribution in [0.4, 0.5) is 0 Å². The van der Waals surface area contributed by atoms with Crippen molar-refractivity contribution in [2.75, 3.05) is 0 Å². The largest absolute Gasteiger partial charge is 0.0622 e. The summed E-state index contributed by atoms with van der Waals surface area (Å²) in [6.07, 6.45) is 4.49. The maximum atomic E-state index is 2.37. The molecule has 0 spiro atoms. The Morgan fingerprint density at radius 3 is 2.26 bits per heavy atom. The summed E-state index contributed by atoms with van der Waals surface area (Å²) in [5.74, 6) is 0. The third-order valence-corrected chi connectivity index (χ3v) is 4.71. The van der Waals surface area contributed by atoms with Gasteiger partial charge in [0.1, 0.15) is 0 Å². The molecule has 112 valence electrons. The summed E-state index contributed by atoms with van der Waals surface area (Å²) in [5.41, 5.74) is 9.60. The van der Waals surface area contributed by atoms with Crippen LogP contribution in [0.15, 0.2) is 72.8 Å². The molecule has 0 heteroatoms. The van der Waals surface area contributed by atoms with Crippen LogP contribution in [0.2, 0.25) is 0 Å². The number of benzene rings is 3. The third kappa shape index (κ3) is 2.61. The molecular weight excluding hydrogens is 276 g/mol. The number of fused-ring (bicyclic) bond motifs is 1. The number of allylic oxidation sites excluding steroid dienone is 1. The highest BCUT2D eigenvalue weighted by atomic mass is 14.2. The van der Waals surface area contributed by atoms with Crippen molar-refractivity contribution in [3.63, 3.8) is 0 Å². The molecule has 0 amide bonds. The van der Waals surface area contributed by atoms with E-state index in [4.69, 9.17) is 0 Å². The number of hydrogen-bond donors (Lipinski definition) is 0. The van der Waals surface area contributed by atoms with Crippen molar-refractivity contribution in [1.82, 2.24) is 0 Å². The first kappa shape index (κ1) is 14.0. The summed E-state index contributed by atoms with van der Waals surface area (Å²) < 4.78 is 0. The van der Waals surface area contributed by atoms with Gasteiger partial charge in [0.15, 0.2) is 0 Å². The molecular formula is C23H20. The normalized spacial score (nSPS) is 12.8. The van der Waals surface area contributed by atoms with Crippen molar-refractivity contribution in [3.8, 4) is 11.1 Å². The minimum absolute atomic E-state index is 1.03. The zero-order valence-corrected chi connectivity index (χ0v) is 13.4. The van der Waals surface area contributed by atoms with Crippen LogP contribution in [0.3, 0.4) is 0 Å². The average Bonchev–Trinajstić information content (AvgIpc) is 3.07. The molecule has 0 fully saturated rings. The molecule has 0 heterocycles. The van der Waals surface area contributed by atoms with Crippen LogP contribution in [-0.2, 0) is 12.8 Å². The zero-order chi connectivity index (χ0) is 15.6. The highest BCUT2D eigenvalue weighted by Gasteiger charge is 2.17. The average molecular weight is 296 g/mol. The van der Waals surface area contributed by atoms with Crippen LogP contribution in [0.5, 0.6) is 0 Å². The first-order chi connectivity index (χ1) is 11.3. The Morgan fingerprint density at radius 1 is 0.739 bits per heavy atom. The Balaban J connectivity index is 1.77. The Morgan fingerprint density at radius 2 is 1.52 bits per heavy atom. The van der Waals surface area contributed by atoms with Gasteiger partial charge >= 0.3 is 0 Å². The molecule has 3 aromatic rings. The molecule has 3 aromatic carbocycles. The lowest BCUT2D eigenvalue weighted by molar-refractivity contribution is 1.14. The van der Waals surface area contributed by atoms with Gasteiger partial charge in [0.25, 0.3) is 0 Å². The molecule has 0 nitrogen and oxygen atoms in total. The second-order valence-corrected chi connectivity index (χ2v) is 6.14. The second-order valence-electron chi connectivity index (χ2n) is 6.14. The quantitative estimate of drug-likeness (QED) is 0.555. The van der Waals surface area contributed by atoms with Gasteiger partial charge in [0.05, 0.1) is 0 Å². The molecule has 0 bridgehead atoms. The molecule has 0 unspecified atom stereocenters. The van der Waals surface area contributed by atoms with E-state index in [-0.39, 0.29) is 0 Å². The van der Waals surface area contributed by atoms with Crippen LogP contribution in [0.25, 0.3) is 22.8 Å². The summed E-state index contributed by atoms with van der Waals surface area (Å²) >= 11 is 0. The topological polar surface area (TPSA) is 0 Å². The fraction of sp³-hybridized carbons (Fsp3) is 0.130. The predicted octanol–water partition coefficient (Wildman–Crippen LogP) is 6.01. The molecule has 0 aliphatic heterocycles. The minimum atomic E-state index is 1.03. The highest BCUT2D eigenvalue weighted by Crippen LogP contribution is 2.37. The molecule has 0 aromatic heterocycles. The van der Waals surface area contributed by atoms with E-state index in [0.717, 1.165) is 12.8 Å². The first-order valence-corrected chi connectivity index (χ1v) is 8.32. The fourth-order valence-corrected chi connectivity index (χ4v) is 3.38. The molecule has 1 aliphatic carbocycles. The molecule has 0 radical (unpaired) electrons. The van der Waals surface area contributed by atoms with Gasteiger partial charge in [-0.2, -0.15) is 0 Å². The van der Waals surface area contributed by atoms with Crippen LogP contribution in [-0.4, -0.2) is 0 Å². The van der Waals surface area contributed by atoms with Crippen LogP contribution < -0.4 is 0 Å². The second kappa shape index (κ2) is 5.89. The molecule has 0 saturated carbocycles. The minimum Gasteiger partial charge on any atom is -0.0622 e. The standard InChI is InChI=1S/C23H20/c1-2-17-11-13-19(14-12-17)22-10-6-9-20-15-21(16-23(20)22)18-7-4-3-5-8-18/h3-14,16H,2,15H2,1H3. The predicted molar refractivity (Wildman–Crippen MR) is 99.3 cm³/mol. The Kier molecular flexibility index (Phi) is 3.59. The van der Waals surface area contributed by atoms with Crippen LogP contribution in [0, 0.1) is 0 Å². The van der Waals surface area contributed by atoms with E-state index in [0.29, 0.717) is 0 Å². The van der Waals surface area contributed by atoms with E-state index in [1.54, 1.807) is 0 Å². The van der Waals surface area contributed by atoms with Crippen molar-refractivity contribution in [2.24, 2.45) is 0 Å². The number of hydrogen-bond acceptors (Lipinski definition) is 0. The van der Waals surface area contributed by atoms with Gasteiger partial charge in [-0.15, -0.1) is 0 Å². The molecule has 23 heavy (non-hydrogen) atoms. The van der Waals surface area contributed by atoms with E-state index in [1.807, 2.05) is 0 Å². The maximum absolute atomic E-state index is 2.37. The van der Waals surface area contributed by atoms with Gasteiger partial charge in [-0.05, 0) is 57.9 Å². The lowest BCUT2D eigenvalue weighted by Gasteiger charge is -2.08. The van der Waals surface area contributed by atoms with Gasteiger partial charge < -0.3 is 0 Å². The van der Waals surface area contributed by atoms with Gasteiger partial charge in [-0.1, -0.05) is 79.7 Å². The Labute approximate surface area is 138 Å². The Bertz CT molecular complexity index is 852. The summed E-state index contributed by atoms with van der Waals surface area (Å²) in [5, 5.41) is 0. The number of rotatable bonds is 3. The van der Waals surface area contributed by atoms with Crippen LogP contribution in [0.1, 0.15) is 29.2 Å². The Hall–Kier alpha value is -2.60. The molecule has 1 aliphatic rings. The third-order valence-electron chi connectivity index (χ3n) is 4.71. The summed E-state index contributed by atoms with van der Waals surface area (Å²) in [7, 11) is 0. The van der Waals surface area contributed by atoms with E-state index in [1.165, 1.54) is 39.0 Å². The summed E-state index contributed by atoms with van der Waals surface area (Å²) in [4.78, 5) is 0. The van der Waals surface area contributed by atoms with E-state index in [9.17, 15) is 0 Å². The molecule has 4 rings (SSSR count). The molecule has 0 saturated heterocycles. The lowest BCUT2D eigenvalue weighted by Crippen LogP contribution is -1.88. The van der Waals surface area contributed by atoms with E-state index >= 15 is 0 Å². The fourth-order valence-electron chi connectivity index (χ4n) is 3.38. The van der Waals surface area contributed by atoms with Gasteiger partial charge in [0, 0.05) is 0 Å². The van der Waals surface area contributed by atoms with Gasteiger partial charge in [-0.3, -0.25) is 0 Å². The van der Waals surface area contributed by atoms with Gasteiger partial charge in [-0.25, -0.2) is 0 Å². The van der Waals surface area contributed by atoms with Gasteiger partial charge in [0.2, 0.25) is 0 Å². The highest BCUT2D eigenvalue weighted by molar-refractivity contribution is 5.93. The SMILES string of the molecule is CCc1ccc(-c2cccc3c2C=C(c2ccccc2)C3)cc1. The monoisotopic (exact) mass is 296 g/mol. The van der Waals surface area contributed by atoms with Crippen molar-refractivity contribution < 1.29 is 0 Å². The van der Waals surface area contributed by atoms with Crippen molar-refractivity contribution in [2.45, 2.75) is 19.8 Å². The van der Waals surface area contributed by atoms with Crippen molar-refractivity contribution >= 4 is 11.6 Å². The summed E-state index contributed by atoms with van der Waals surface area (Å²) in [6.45, 7) is 2.20. The van der Waals surface area contributed by atoms with Crippen molar-refractivity contribution in [3.05, 3.63) is 95.1 Å². The van der Waals surface area contributed by atoms with Crippen molar-refractivity contribution in [1.29, 1.82) is 0 Å².